The maximum atomic E-state index is 11.8. The van der Waals surface area contributed by atoms with Gasteiger partial charge in [-0.05, 0) is 25.3 Å². The highest BCUT2D eigenvalue weighted by Crippen LogP contribution is 2.28. The highest BCUT2D eigenvalue weighted by molar-refractivity contribution is 5.09. The van der Waals surface area contributed by atoms with E-state index in [9.17, 15) is 4.79 Å². The SMILES string of the molecule is CCC(CC)(OC)c1nc(CNCC(C)C)cc(=O)[nH]1. The lowest BCUT2D eigenvalue weighted by Gasteiger charge is -2.29. The molecule has 1 heterocycles. The Morgan fingerprint density at radius 2 is 2.05 bits per heavy atom. The Balaban J connectivity index is 2.99. The van der Waals surface area contributed by atoms with E-state index in [1.807, 2.05) is 13.8 Å². The van der Waals surface area contributed by atoms with E-state index in [4.69, 9.17) is 4.74 Å². The van der Waals surface area contributed by atoms with Crippen molar-refractivity contribution in [1.82, 2.24) is 15.3 Å². The number of H-pyrrole nitrogens is 1. The number of nitrogens with zero attached hydrogens (tertiary/aromatic N) is 1. The van der Waals surface area contributed by atoms with Gasteiger partial charge in [-0.15, -0.1) is 0 Å². The van der Waals surface area contributed by atoms with Gasteiger partial charge in [0.25, 0.3) is 5.56 Å². The molecule has 0 bridgehead atoms. The number of hydrogen-bond acceptors (Lipinski definition) is 4. The Labute approximate surface area is 121 Å². The standard InChI is InChI=1S/C15H27N3O2/c1-6-15(7-2,20-5)14-17-12(8-13(19)18-14)10-16-9-11(3)4/h8,11,16H,6-7,9-10H2,1-5H3,(H,17,18,19). The second kappa shape index (κ2) is 7.55. The zero-order valence-electron chi connectivity index (χ0n) is 13.2. The van der Waals surface area contributed by atoms with E-state index >= 15 is 0 Å². The first-order valence-electron chi connectivity index (χ1n) is 7.34. The van der Waals surface area contributed by atoms with Gasteiger partial charge in [-0.1, -0.05) is 27.7 Å². The second-order valence-electron chi connectivity index (χ2n) is 5.52. The predicted molar refractivity (Wildman–Crippen MR) is 80.7 cm³/mol. The predicted octanol–water partition coefficient (Wildman–Crippen LogP) is 2.18. The van der Waals surface area contributed by atoms with E-state index < -0.39 is 5.60 Å². The highest BCUT2D eigenvalue weighted by Gasteiger charge is 2.31. The third-order valence-corrected chi connectivity index (χ3v) is 3.62. The fourth-order valence-corrected chi connectivity index (χ4v) is 2.27. The van der Waals surface area contributed by atoms with Crippen LogP contribution >= 0.6 is 0 Å². The summed E-state index contributed by atoms with van der Waals surface area (Å²) in [6.45, 7) is 9.87. The molecular weight excluding hydrogens is 254 g/mol. The molecule has 0 aromatic carbocycles. The highest BCUT2D eigenvalue weighted by atomic mass is 16.5. The van der Waals surface area contributed by atoms with Crippen LogP contribution in [0.3, 0.4) is 0 Å². The Morgan fingerprint density at radius 3 is 2.55 bits per heavy atom. The summed E-state index contributed by atoms with van der Waals surface area (Å²) < 4.78 is 5.62. The van der Waals surface area contributed by atoms with Crippen molar-refractivity contribution in [2.75, 3.05) is 13.7 Å². The largest absolute Gasteiger partial charge is 0.370 e. The zero-order chi connectivity index (χ0) is 15.2. The van der Waals surface area contributed by atoms with E-state index in [2.05, 4.69) is 29.1 Å². The molecular formula is C15H27N3O2. The van der Waals surface area contributed by atoms with E-state index in [1.165, 1.54) is 0 Å². The number of methoxy groups -OCH3 is 1. The molecule has 0 radical (unpaired) electrons. The van der Waals surface area contributed by atoms with Gasteiger partial charge in [-0.25, -0.2) is 4.98 Å². The molecule has 2 N–H and O–H groups in total. The molecule has 0 saturated heterocycles. The third-order valence-electron chi connectivity index (χ3n) is 3.62. The van der Waals surface area contributed by atoms with Gasteiger partial charge in [-0.2, -0.15) is 0 Å². The van der Waals surface area contributed by atoms with Gasteiger partial charge in [0.2, 0.25) is 0 Å². The van der Waals surface area contributed by atoms with Gasteiger partial charge in [0.05, 0.1) is 5.69 Å². The van der Waals surface area contributed by atoms with Crippen molar-refractivity contribution >= 4 is 0 Å². The van der Waals surface area contributed by atoms with Gasteiger partial charge in [0.15, 0.2) is 0 Å². The fourth-order valence-electron chi connectivity index (χ4n) is 2.27. The second-order valence-corrected chi connectivity index (χ2v) is 5.52. The summed E-state index contributed by atoms with van der Waals surface area (Å²) in [6.07, 6.45) is 1.54. The molecule has 0 aliphatic heterocycles. The van der Waals surface area contributed by atoms with Crippen LogP contribution in [0, 0.1) is 5.92 Å². The smallest absolute Gasteiger partial charge is 0.251 e. The summed E-state index contributed by atoms with van der Waals surface area (Å²) >= 11 is 0. The topological polar surface area (TPSA) is 67.0 Å². The van der Waals surface area contributed by atoms with Crippen LogP contribution in [0.5, 0.6) is 0 Å². The summed E-state index contributed by atoms with van der Waals surface area (Å²) in [5.41, 5.74) is 0.125. The third kappa shape index (κ3) is 4.15. The maximum absolute atomic E-state index is 11.8. The van der Waals surface area contributed by atoms with E-state index in [-0.39, 0.29) is 5.56 Å². The summed E-state index contributed by atoms with van der Waals surface area (Å²) in [5.74, 6) is 1.19. The number of nitrogens with one attached hydrogen (secondary N) is 2. The molecule has 0 saturated carbocycles. The average molecular weight is 281 g/mol. The van der Waals surface area contributed by atoms with Crippen LogP contribution in [0.1, 0.15) is 52.1 Å². The van der Waals surface area contributed by atoms with Crippen molar-refractivity contribution in [3.8, 4) is 0 Å². The van der Waals surface area contributed by atoms with E-state index in [0.717, 1.165) is 25.1 Å². The quantitative estimate of drug-likeness (QED) is 0.766. The minimum Gasteiger partial charge on any atom is -0.370 e. The molecule has 5 heteroatoms. The minimum absolute atomic E-state index is 0.125. The lowest BCUT2D eigenvalue weighted by molar-refractivity contribution is -0.0295. The van der Waals surface area contributed by atoms with Gasteiger partial charge >= 0.3 is 0 Å². The molecule has 5 nitrogen and oxygen atoms in total. The van der Waals surface area contributed by atoms with Crippen molar-refractivity contribution < 1.29 is 4.74 Å². The van der Waals surface area contributed by atoms with Crippen molar-refractivity contribution in [2.24, 2.45) is 5.92 Å². The molecule has 0 fully saturated rings. The van der Waals surface area contributed by atoms with E-state index in [0.29, 0.717) is 18.3 Å². The van der Waals surface area contributed by atoms with Gasteiger partial charge in [0.1, 0.15) is 11.4 Å². The van der Waals surface area contributed by atoms with Crippen molar-refractivity contribution in [3.05, 3.63) is 27.9 Å². The monoisotopic (exact) mass is 281 g/mol. The van der Waals surface area contributed by atoms with Crippen LogP contribution in [-0.4, -0.2) is 23.6 Å². The molecule has 0 aliphatic rings. The van der Waals surface area contributed by atoms with Crippen LogP contribution < -0.4 is 10.9 Å². The number of hydrogen-bond donors (Lipinski definition) is 2. The van der Waals surface area contributed by atoms with Crippen LogP contribution in [0.25, 0.3) is 0 Å². The minimum atomic E-state index is -0.507. The summed E-state index contributed by atoms with van der Waals surface area (Å²) in [4.78, 5) is 19.2. The van der Waals surface area contributed by atoms with E-state index in [1.54, 1.807) is 13.2 Å². The normalized spacial score (nSPS) is 12.1. The van der Waals surface area contributed by atoms with Crippen LogP contribution in [-0.2, 0) is 16.9 Å². The number of ether oxygens (including phenoxy) is 1. The summed E-state index contributed by atoms with van der Waals surface area (Å²) in [5, 5.41) is 3.30. The Hall–Kier alpha value is -1.20. The molecule has 0 unspecified atom stereocenters. The molecule has 0 atom stereocenters. The zero-order valence-corrected chi connectivity index (χ0v) is 13.2. The molecule has 0 spiro atoms. The lowest BCUT2D eigenvalue weighted by atomic mass is 9.96. The molecule has 1 aromatic rings. The van der Waals surface area contributed by atoms with Crippen LogP contribution in [0.4, 0.5) is 0 Å². The lowest BCUT2D eigenvalue weighted by Crippen LogP contribution is -2.33. The van der Waals surface area contributed by atoms with Gasteiger partial charge in [-0.3, -0.25) is 4.79 Å². The summed E-state index contributed by atoms with van der Waals surface area (Å²) in [7, 11) is 1.66. The molecule has 114 valence electrons. The molecule has 0 amide bonds. The first-order valence-corrected chi connectivity index (χ1v) is 7.34. The number of aromatic amines is 1. The van der Waals surface area contributed by atoms with Gasteiger partial charge in [0, 0.05) is 19.7 Å². The number of aromatic nitrogens is 2. The number of rotatable bonds is 8. The van der Waals surface area contributed by atoms with Crippen molar-refractivity contribution in [1.29, 1.82) is 0 Å². The molecule has 1 aromatic heterocycles. The Bertz CT molecular complexity index is 456. The Morgan fingerprint density at radius 1 is 1.40 bits per heavy atom. The van der Waals surface area contributed by atoms with Gasteiger partial charge < -0.3 is 15.0 Å². The summed E-state index contributed by atoms with van der Waals surface area (Å²) in [6, 6.07) is 1.54. The molecule has 0 aliphatic carbocycles. The first-order chi connectivity index (χ1) is 9.47. The molecule has 20 heavy (non-hydrogen) atoms. The van der Waals surface area contributed by atoms with Crippen molar-refractivity contribution in [2.45, 2.75) is 52.7 Å². The fraction of sp³-hybridized carbons (Fsp3) is 0.733. The maximum Gasteiger partial charge on any atom is 0.251 e. The first kappa shape index (κ1) is 16.9. The average Bonchev–Trinajstić information content (AvgIpc) is 2.40. The van der Waals surface area contributed by atoms with Crippen LogP contribution in [0.15, 0.2) is 10.9 Å². The van der Waals surface area contributed by atoms with Crippen LogP contribution in [0.2, 0.25) is 0 Å². The van der Waals surface area contributed by atoms with Crippen molar-refractivity contribution in [3.63, 3.8) is 0 Å². The Kier molecular flexibility index (Phi) is 6.36. The molecule has 1 rings (SSSR count).